The largest absolute Gasteiger partial charge is 0.393 e. The van der Waals surface area contributed by atoms with Crippen LogP contribution >= 0.6 is 0 Å². The van der Waals surface area contributed by atoms with Crippen LogP contribution in [0.2, 0.25) is 0 Å². The average molecular weight is 171 g/mol. The molecule has 0 amide bonds. The van der Waals surface area contributed by atoms with Gasteiger partial charge in [-0.2, -0.15) is 0 Å². The Hall–Kier alpha value is -0.0800. The Morgan fingerprint density at radius 1 is 1.42 bits per heavy atom. The van der Waals surface area contributed by atoms with Gasteiger partial charge in [-0.05, 0) is 58.0 Å². The molecular formula is C10H21NO. The molecule has 1 aliphatic rings. The van der Waals surface area contributed by atoms with Crippen LogP contribution < -0.4 is 5.32 Å². The molecule has 1 fully saturated rings. The Morgan fingerprint density at radius 3 is 3.00 bits per heavy atom. The lowest BCUT2D eigenvalue weighted by Gasteiger charge is -2.13. The first-order valence-electron chi connectivity index (χ1n) is 5.18. The van der Waals surface area contributed by atoms with Crippen LogP contribution in [0.5, 0.6) is 0 Å². The molecule has 2 unspecified atom stereocenters. The second-order valence-electron chi connectivity index (χ2n) is 3.97. The van der Waals surface area contributed by atoms with E-state index < -0.39 is 0 Å². The van der Waals surface area contributed by atoms with Crippen molar-refractivity contribution in [3.63, 3.8) is 0 Å². The second-order valence-corrected chi connectivity index (χ2v) is 3.97. The Balaban J connectivity index is 2.12. The molecule has 2 N–H and O–H groups in total. The van der Waals surface area contributed by atoms with Crippen LogP contribution in [-0.4, -0.2) is 24.3 Å². The molecule has 0 spiro atoms. The maximum absolute atomic E-state index is 9.14. The van der Waals surface area contributed by atoms with Crippen LogP contribution in [0.3, 0.4) is 0 Å². The SMILES string of the molecule is CC(O)CCC1CCCNCC1. The lowest BCUT2D eigenvalue weighted by Crippen LogP contribution is -2.14. The van der Waals surface area contributed by atoms with E-state index in [2.05, 4.69) is 5.32 Å². The highest BCUT2D eigenvalue weighted by molar-refractivity contribution is 4.67. The highest BCUT2D eigenvalue weighted by Gasteiger charge is 2.11. The predicted octanol–water partition coefficient (Wildman–Crippen LogP) is 1.54. The average Bonchev–Trinajstić information content (AvgIpc) is 2.28. The third-order valence-corrected chi connectivity index (χ3v) is 2.69. The van der Waals surface area contributed by atoms with Gasteiger partial charge >= 0.3 is 0 Å². The van der Waals surface area contributed by atoms with Crippen LogP contribution in [0.25, 0.3) is 0 Å². The van der Waals surface area contributed by atoms with E-state index in [9.17, 15) is 0 Å². The normalized spacial score (nSPS) is 28.0. The van der Waals surface area contributed by atoms with Crippen molar-refractivity contribution in [2.45, 2.75) is 45.1 Å². The fraction of sp³-hybridized carbons (Fsp3) is 1.00. The molecule has 1 rings (SSSR count). The maximum atomic E-state index is 9.14. The monoisotopic (exact) mass is 171 g/mol. The number of hydrogen-bond acceptors (Lipinski definition) is 2. The smallest absolute Gasteiger partial charge is 0.0512 e. The molecule has 0 aromatic heterocycles. The topological polar surface area (TPSA) is 32.3 Å². The van der Waals surface area contributed by atoms with Gasteiger partial charge in [0.25, 0.3) is 0 Å². The van der Waals surface area contributed by atoms with E-state index in [1.54, 1.807) is 0 Å². The minimum absolute atomic E-state index is 0.110. The summed E-state index contributed by atoms with van der Waals surface area (Å²) >= 11 is 0. The highest BCUT2D eigenvalue weighted by Crippen LogP contribution is 2.19. The lowest BCUT2D eigenvalue weighted by molar-refractivity contribution is 0.171. The van der Waals surface area contributed by atoms with Crippen LogP contribution in [0, 0.1) is 5.92 Å². The number of aliphatic hydroxyl groups excluding tert-OH is 1. The first-order chi connectivity index (χ1) is 5.79. The molecule has 1 aliphatic heterocycles. The summed E-state index contributed by atoms with van der Waals surface area (Å²) in [5.74, 6) is 0.856. The number of aliphatic hydroxyl groups is 1. The molecule has 0 aromatic rings. The van der Waals surface area contributed by atoms with E-state index in [0.717, 1.165) is 12.3 Å². The third-order valence-electron chi connectivity index (χ3n) is 2.69. The van der Waals surface area contributed by atoms with Gasteiger partial charge in [-0.15, -0.1) is 0 Å². The second kappa shape index (κ2) is 5.55. The molecule has 72 valence electrons. The van der Waals surface area contributed by atoms with Crippen LogP contribution in [-0.2, 0) is 0 Å². The quantitative estimate of drug-likeness (QED) is 0.675. The number of rotatable bonds is 3. The summed E-state index contributed by atoms with van der Waals surface area (Å²) in [7, 11) is 0. The van der Waals surface area contributed by atoms with E-state index in [-0.39, 0.29) is 6.10 Å². The third kappa shape index (κ3) is 4.07. The highest BCUT2D eigenvalue weighted by atomic mass is 16.3. The van der Waals surface area contributed by atoms with Crippen molar-refractivity contribution < 1.29 is 5.11 Å². The summed E-state index contributed by atoms with van der Waals surface area (Å²) in [6, 6.07) is 0. The Labute approximate surface area is 75.4 Å². The molecule has 2 nitrogen and oxygen atoms in total. The minimum Gasteiger partial charge on any atom is -0.393 e. The fourth-order valence-electron chi connectivity index (χ4n) is 1.86. The molecule has 1 heterocycles. The predicted molar refractivity (Wildman–Crippen MR) is 51.1 cm³/mol. The zero-order chi connectivity index (χ0) is 8.81. The summed E-state index contributed by atoms with van der Waals surface area (Å²) in [6.45, 7) is 4.24. The molecule has 0 bridgehead atoms. The van der Waals surface area contributed by atoms with Gasteiger partial charge in [0, 0.05) is 0 Å². The van der Waals surface area contributed by atoms with Crippen LogP contribution in [0.4, 0.5) is 0 Å². The van der Waals surface area contributed by atoms with Crippen molar-refractivity contribution in [3.05, 3.63) is 0 Å². The van der Waals surface area contributed by atoms with Gasteiger partial charge in [0.2, 0.25) is 0 Å². The van der Waals surface area contributed by atoms with E-state index in [1.807, 2.05) is 6.92 Å². The van der Waals surface area contributed by atoms with Crippen LogP contribution in [0.15, 0.2) is 0 Å². The summed E-state index contributed by atoms with van der Waals surface area (Å²) in [5.41, 5.74) is 0. The lowest BCUT2D eigenvalue weighted by atomic mass is 9.94. The van der Waals surface area contributed by atoms with Crippen molar-refractivity contribution in [3.8, 4) is 0 Å². The van der Waals surface area contributed by atoms with Gasteiger partial charge in [-0.3, -0.25) is 0 Å². The van der Waals surface area contributed by atoms with Crippen molar-refractivity contribution in [1.82, 2.24) is 5.32 Å². The van der Waals surface area contributed by atoms with Crippen molar-refractivity contribution >= 4 is 0 Å². The van der Waals surface area contributed by atoms with Gasteiger partial charge in [0.1, 0.15) is 0 Å². The van der Waals surface area contributed by atoms with Gasteiger partial charge in [-0.25, -0.2) is 0 Å². The standard InChI is InChI=1S/C10H21NO/c1-9(12)4-5-10-3-2-7-11-8-6-10/h9-12H,2-8H2,1H3. The van der Waals surface area contributed by atoms with Crippen molar-refractivity contribution in [2.75, 3.05) is 13.1 Å². The minimum atomic E-state index is -0.110. The molecule has 0 aliphatic carbocycles. The van der Waals surface area contributed by atoms with E-state index in [4.69, 9.17) is 5.11 Å². The molecule has 12 heavy (non-hydrogen) atoms. The number of nitrogens with one attached hydrogen (secondary N) is 1. The van der Waals surface area contributed by atoms with Crippen molar-refractivity contribution in [2.24, 2.45) is 5.92 Å². The van der Waals surface area contributed by atoms with Crippen LogP contribution in [0.1, 0.15) is 39.0 Å². The number of hydrogen-bond donors (Lipinski definition) is 2. The Kier molecular flexibility index (Phi) is 4.62. The zero-order valence-corrected chi connectivity index (χ0v) is 8.05. The summed E-state index contributed by atoms with van der Waals surface area (Å²) < 4.78 is 0. The Morgan fingerprint density at radius 2 is 2.25 bits per heavy atom. The molecule has 2 atom stereocenters. The van der Waals surface area contributed by atoms with E-state index in [1.165, 1.54) is 38.8 Å². The van der Waals surface area contributed by atoms with Crippen molar-refractivity contribution in [1.29, 1.82) is 0 Å². The summed E-state index contributed by atoms with van der Waals surface area (Å²) in [4.78, 5) is 0. The van der Waals surface area contributed by atoms with E-state index >= 15 is 0 Å². The van der Waals surface area contributed by atoms with Gasteiger partial charge in [0.15, 0.2) is 0 Å². The van der Waals surface area contributed by atoms with Gasteiger partial charge in [0.05, 0.1) is 6.10 Å². The Bertz CT molecular complexity index is 106. The van der Waals surface area contributed by atoms with Gasteiger partial charge < -0.3 is 10.4 Å². The summed E-state index contributed by atoms with van der Waals surface area (Å²) in [6.07, 6.45) is 6.03. The molecule has 2 heteroatoms. The molecule has 0 radical (unpaired) electrons. The molecule has 1 saturated heterocycles. The maximum Gasteiger partial charge on any atom is 0.0512 e. The first-order valence-corrected chi connectivity index (χ1v) is 5.18. The molecule has 0 aromatic carbocycles. The summed E-state index contributed by atoms with van der Waals surface area (Å²) in [5, 5.41) is 12.5. The van der Waals surface area contributed by atoms with Gasteiger partial charge in [-0.1, -0.05) is 0 Å². The fourth-order valence-corrected chi connectivity index (χ4v) is 1.86. The molecule has 0 saturated carbocycles. The molecular weight excluding hydrogens is 150 g/mol. The first kappa shape index (κ1) is 10.0. The zero-order valence-electron chi connectivity index (χ0n) is 8.05. The van der Waals surface area contributed by atoms with E-state index in [0.29, 0.717) is 0 Å².